The zero-order valence-electron chi connectivity index (χ0n) is 28.0. The molecule has 1 fully saturated rings. The number of hydrogen-bond donors (Lipinski definition) is 2. The van der Waals surface area contributed by atoms with Crippen molar-refractivity contribution in [2.75, 3.05) is 5.75 Å². The molecule has 1 amide bonds. The van der Waals surface area contributed by atoms with Crippen LogP contribution in [-0.2, 0) is 37.0 Å². The molecule has 6 rings (SSSR count). The minimum Gasteiger partial charge on any atom is -0.453 e. The fourth-order valence-electron chi connectivity index (χ4n) is 5.87. The van der Waals surface area contributed by atoms with Crippen molar-refractivity contribution in [2.45, 2.75) is 63.7 Å². The van der Waals surface area contributed by atoms with E-state index >= 15 is 0 Å². The number of hydrogen-bond acceptors (Lipinski definition) is 10. The number of nitrogens with one attached hydrogen (secondary N) is 1. The molecule has 4 aromatic carbocycles. The third kappa shape index (κ3) is 8.28. The van der Waals surface area contributed by atoms with Crippen molar-refractivity contribution in [3.8, 4) is 16.8 Å². The second kappa shape index (κ2) is 16.2. The number of carbonyl (C=O) groups excluding carboxylic acids is 2. The van der Waals surface area contributed by atoms with Crippen molar-refractivity contribution in [1.29, 1.82) is 0 Å². The maximum atomic E-state index is 12.5. The molecule has 1 aliphatic rings. The summed E-state index contributed by atoms with van der Waals surface area (Å²) >= 11 is 1.53. The number of aliphatic hydroxyl groups excluding tert-OH is 1. The van der Waals surface area contributed by atoms with Crippen molar-refractivity contribution in [3.63, 3.8) is 0 Å². The molecule has 12 heteroatoms. The highest BCUT2D eigenvalue weighted by Crippen LogP contribution is 2.43. The lowest BCUT2D eigenvalue weighted by Crippen LogP contribution is -2.38. The number of para-hydroxylation sites is 1. The number of benzene rings is 4. The summed E-state index contributed by atoms with van der Waals surface area (Å²) in [4.78, 5) is 23.8. The number of aliphatic hydroxyl groups is 1. The van der Waals surface area contributed by atoms with Gasteiger partial charge in [-0.15, -0.1) is 5.10 Å². The predicted octanol–water partition coefficient (Wildman–Crippen LogP) is 5.97. The zero-order chi connectivity index (χ0) is 35.0. The Balaban J connectivity index is 1.21. The van der Waals surface area contributed by atoms with Gasteiger partial charge in [0, 0.05) is 30.7 Å². The van der Waals surface area contributed by atoms with E-state index in [1.807, 2.05) is 103 Å². The van der Waals surface area contributed by atoms with E-state index in [1.54, 1.807) is 11.6 Å². The normalized spacial score (nSPS) is 19.4. The first-order chi connectivity index (χ1) is 24.3. The standard InChI is InChI=1S/C38H39N5O6S/c1-24-34(23-50-38-40-41-42-43(38)32-10-5-4-6-11-32)48-37(49-35(24)29-15-13-27(22-44)14-16-29)30-19-17-28(18-20-30)33-12-8-7-9-31(33)21-39-36(46)25(2)47-26(3)45/h4-20,24-25,34-35,37,44H,21-23H2,1-3H3,(H,39,46)/t24-,25-,34+,35+,37+/m0/s1. The molecule has 11 nitrogen and oxygen atoms in total. The molecule has 0 spiro atoms. The lowest BCUT2D eigenvalue weighted by atomic mass is 9.91. The number of carbonyl (C=O) groups is 2. The molecule has 2 N–H and O–H groups in total. The van der Waals surface area contributed by atoms with E-state index in [4.69, 9.17) is 14.2 Å². The Labute approximate surface area is 295 Å². The second-order valence-corrected chi connectivity index (χ2v) is 13.1. The highest BCUT2D eigenvalue weighted by atomic mass is 32.2. The van der Waals surface area contributed by atoms with Gasteiger partial charge in [0.2, 0.25) is 5.16 Å². The van der Waals surface area contributed by atoms with Crippen molar-refractivity contribution < 1.29 is 28.9 Å². The molecule has 0 saturated carbocycles. The third-order valence-electron chi connectivity index (χ3n) is 8.62. The van der Waals surface area contributed by atoms with Crippen LogP contribution in [0, 0.1) is 5.92 Å². The lowest BCUT2D eigenvalue weighted by molar-refractivity contribution is -0.268. The average Bonchev–Trinajstić information content (AvgIpc) is 3.62. The number of rotatable bonds is 12. The van der Waals surface area contributed by atoms with Gasteiger partial charge < -0.3 is 24.6 Å². The van der Waals surface area contributed by atoms with Crippen LogP contribution in [0.4, 0.5) is 0 Å². The molecular weight excluding hydrogens is 655 g/mol. The van der Waals surface area contributed by atoms with Crippen LogP contribution >= 0.6 is 11.8 Å². The zero-order valence-corrected chi connectivity index (χ0v) is 28.8. The van der Waals surface area contributed by atoms with Gasteiger partial charge in [0.05, 0.1) is 24.5 Å². The van der Waals surface area contributed by atoms with Crippen LogP contribution < -0.4 is 5.32 Å². The Morgan fingerprint density at radius 3 is 2.36 bits per heavy atom. The first kappa shape index (κ1) is 35.0. The Morgan fingerprint density at radius 1 is 0.940 bits per heavy atom. The molecule has 2 heterocycles. The van der Waals surface area contributed by atoms with Gasteiger partial charge in [-0.2, -0.15) is 4.68 Å². The topological polar surface area (TPSA) is 138 Å². The molecule has 5 atom stereocenters. The molecule has 1 aromatic heterocycles. The van der Waals surface area contributed by atoms with E-state index in [2.05, 4.69) is 27.8 Å². The summed E-state index contributed by atoms with van der Waals surface area (Å²) in [5.41, 5.74) is 6.42. The number of ether oxygens (including phenoxy) is 3. The highest BCUT2D eigenvalue weighted by Gasteiger charge is 2.38. The van der Waals surface area contributed by atoms with Gasteiger partial charge in [0.15, 0.2) is 12.4 Å². The summed E-state index contributed by atoms with van der Waals surface area (Å²) in [5.74, 6) is -0.290. The molecule has 5 aromatic rings. The van der Waals surface area contributed by atoms with Gasteiger partial charge in [-0.05, 0) is 57.3 Å². The van der Waals surface area contributed by atoms with E-state index in [0.29, 0.717) is 10.9 Å². The van der Waals surface area contributed by atoms with Crippen molar-refractivity contribution in [3.05, 3.63) is 125 Å². The quantitative estimate of drug-likeness (QED) is 0.119. The SMILES string of the molecule is CC(=O)O[C@@H](C)C(=O)NCc1ccccc1-c1ccc([C@@H]2O[C@H](CSc3nnnn3-c3ccccc3)[C@H](C)[C@H](c3ccc(CO)cc3)O2)cc1. The maximum absolute atomic E-state index is 12.5. The van der Waals surface area contributed by atoms with Gasteiger partial charge in [0.25, 0.3) is 5.91 Å². The largest absolute Gasteiger partial charge is 0.453 e. The summed E-state index contributed by atoms with van der Waals surface area (Å²) in [5, 5.41) is 25.5. The van der Waals surface area contributed by atoms with Crippen LogP contribution in [0.2, 0.25) is 0 Å². The van der Waals surface area contributed by atoms with Gasteiger partial charge in [0.1, 0.15) is 0 Å². The van der Waals surface area contributed by atoms with Gasteiger partial charge in [-0.1, -0.05) is 110 Å². The summed E-state index contributed by atoms with van der Waals surface area (Å²) in [6.45, 7) is 5.19. The monoisotopic (exact) mass is 693 g/mol. The number of esters is 1. The van der Waals surface area contributed by atoms with Crippen molar-refractivity contribution in [1.82, 2.24) is 25.5 Å². The Hall–Kier alpha value is -4.88. The van der Waals surface area contributed by atoms with Crippen LogP contribution in [0.15, 0.2) is 108 Å². The van der Waals surface area contributed by atoms with Crippen LogP contribution in [0.5, 0.6) is 0 Å². The summed E-state index contributed by atoms with van der Waals surface area (Å²) in [6.07, 6.45) is -2.00. The van der Waals surface area contributed by atoms with Crippen LogP contribution in [0.3, 0.4) is 0 Å². The van der Waals surface area contributed by atoms with Crippen LogP contribution in [0.25, 0.3) is 16.8 Å². The Kier molecular flexibility index (Phi) is 11.3. The van der Waals surface area contributed by atoms with Crippen LogP contribution in [-0.4, -0.2) is 55.2 Å². The number of aromatic nitrogens is 4. The van der Waals surface area contributed by atoms with E-state index in [1.165, 1.54) is 18.7 Å². The predicted molar refractivity (Wildman–Crippen MR) is 188 cm³/mol. The number of thioether (sulfide) groups is 1. The molecule has 0 radical (unpaired) electrons. The maximum Gasteiger partial charge on any atom is 0.303 e. The highest BCUT2D eigenvalue weighted by molar-refractivity contribution is 7.99. The van der Waals surface area contributed by atoms with Crippen LogP contribution in [0.1, 0.15) is 55.4 Å². The van der Waals surface area contributed by atoms with Crippen molar-refractivity contribution >= 4 is 23.6 Å². The smallest absolute Gasteiger partial charge is 0.303 e. The fourth-order valence-corrected chi connectivity index (χ4v) is 6.93. The molecule has 0 aliphatic carbocycles. The first-order valence-corrected chi connectivity index (χ1v) is 17.4. The molecule has 0 unspecified atom stereocenters. The number of nitrogens with zero attached hydrogens (tertiary/aromatic N) is 4. The lowest BCUT2D eigenvalue weighted by Gasteiger charge is -2.41. The minimum atomic E-state index is -0.880. The van der Waals surface area contributed by atoms with E-state index in [9.17, 15) is 14.7 Å². The Bertz CT molecular complexity index is 1890. The van der Waals surface area contributed by atoms with E-state index in [-0.39, 0.29) is 37.2 Å². The van der Waals surface area contributed by atoms with Gasteiger partial charge in [-0.25, -0.2) is 0 Å². The molecule has 0 bridgehead atoms. The number of tetrazole rings is 1. The van der Waals surface area contributed by atoms with E-state index in [0.717, 1.165) is 39.1 Å². The average molecular weight is 694 g/mol. The minimum absolute atomic E-state index is 0.00953. The molecule has 1 aliphatic heterocycles. The van der Waals surface area contributed by atoms with Gasteiger partial charge in [-0.3, -0.25) is 9.59 Å². The summed E-state index contributed by atoms with van der Waals surface area (Å²) < 4.78 is 20.1. The van der Waals surface area contributed by atoms with E-state index < -0.39 is 18.4 Å². The summed E-state index contributed by atoms with van der Waals surface area (Å²) in [6, 6.07) is 33.5. The summed E-state index contributed by atoms with van der Waals surface area (Å²) in [7, 11) is 0. The molecule has 258 valence electrons. The third-order valence-corrected chi connectivity index (χ3v) is 9.63. The fraction of sp³-hybridized carbons (Fsp3) is 0.289. The Morgan fingerprint density at radius 2 is 1.64 bits per heavy atom. The molecular formula is C38H39N5O6S. The van der Waals surface area contributed by atoms with Crippen molar-refractivity contribution in [2.24, 2.45) is 5.92 Å². The number of amides is 1. The first-order valence-electron chi connectivity index (χ1n) is 16.4. The van der Waals surface area contributed by atoms with Gasteiger partial charge >= 0.3 is 5.97 Å². The second-order valence-electron chi connectivity index (χ2n) is 12.1. The molecule has 50 heavy (non-hydrogen) atoms. The molecule has 1 saturated heterocycles.